The number of nitrogens with two attached hydrogens (primary N) is 1. The smallest absolute Gasteiger partial charge is 0.290 e. The quantitative estimate of drug-likeness (QED) is 0.0457. The van der Waals surface area contributed by atoms with E-state index in [0.29, 0.717) is 67.2 Å². The van der Waals surface area contributed by atoms with Crippen LogP contribution < -0.4 is 31.7 Å². The fourth-order valence-corrected chi connectivity index (χ4v) is 4.61. The lowest BCUT2D eigenvalue weighted by molar-refractivity contribution is -0.123. The molecule has 0 spiro atoms. The maximum Gasteiger partial charge on any atom is 0.290 e. The molecule has 0 saturated carbocycles. The molecule has 14 nitrogen and oxygen atoms in total. The van der Waals surface area contributed by atoms with Crippen molar-refractivity contribution in [2.45, 2.75) is 32.6 Å². The minimum Gasteiger partial charge on any atom is -0.494 e. The Morgan fingerprint density at radius 3 is 2.51 bits per heavy atom. The van der Waals surface area contributed by atoms with Crippen LogP contribution in [-0.2, 0) is 16.0 Å². The standard InChI is InChI=1S/C30H35F2N9O3.CH2O2/c1-3-18-16-19(7-8-20(18)29(43)37-13-12-35-24(42)6-4-5-11-38-30(33)34)40-27-28-39-17-22(41(28)15-14-36-27)21-9-10-23(44-2)26(32)25(21)31;2-1-3/h7-10,14-17H,3-6,11-13H2,1-2H3,(H,35,42)(H,36,40)(H,37,43)(H4,33,34,38);1H,(H,2,3). The minimum atomic E-state index is -1.08. The average Bonchev–Trinajstić information content (AvgIpc) is 3.49. The van der Waals surface area contributed by atoms with Gasteiger partial charge in [0.15, 0.2) is 29.0 Å². The molecule has 2 aromatic carbocycles. The predicted molar refractivity (Wildman–Crippen MR) is 172 cm³/mol. The number of nitrogens with zero attached hydrogens (tertiary/aromatic N) is 3. The third-order valence-electron chi connectivity index (χ3n) is 6.84. The second kappa shape index (κ2) is 17.6. The molecular weight excluding hydrogens is 616 g/mol. The Kier molecular flexibility index (Phi) is 13.4. The molecule has 4 aromatic rings. The summed E-state index contributed by atoms with van der Waals surface area (Å²) in [6.07, 6.45) is 6.87. The lowest BCUT2D eigenvalue weighted by Crippen LogP contribution is -2.35. The molecule has 0 fully saturated rings. The molecule has 16 heteroatoms. The lowest BCUT2D eigenvalue weighted by Gasteiger charge is -2.13. The van der Waals surface area contributed by atoms with Gasteiger partial charge in [-0.3, -0.25) is 24.2 Å². The molecule has 0 atom stereocenters. The van der Waals surface area contributed by atoms with Crippen molar-refractivity contribution in [1.82, 2.24) is 30.3 Å². The van der Waals surface area contributed by atoms with Crippen molar-refractivity contribution < 1.29 is 33.0 Å². The molecule has 0 aliphatic carbocycles. The Hall–Kier alpha value is -5.80. The summed E-state index contributed by atoms with van der Waals surface area (Å²) in [5, 5.41) is 25.5. The fourth-order valence-electron chi connectivity index (χ4n) is 4.61. The largest absolute Gasteiger partial charge is 0.494 e. The summed E-state index contributed by atoms with van der Waals surface area (Å²) in [5.41, 5.74) is 7.94. The second-order valence-corrected chi connectivity index (χ2v) is 9.92. The van der Waals surface area contributed by atoms with Gasteiger partial charge >= 0.3 is 0 Å². The SMILES string of the molecule is CCc1cc(Nc2nccn3c(-c4ccc(OC)c(F)c4F)cnc23)ccc1C(=O)NCCNC(=O)CCCCNC(=N)N.O=CO. The molecule has 250 valence electrons. The monoisotopic (exact) mass is 653 g/mol. The van der Waals surface area contributed by atoms with Gasteiger partial charge in [-0.05, 0) is 55.2 Å². The molecule has 0 radical (unpaired) electrons. The average molecular weight is 654 g/mol. The number of fused-ring (bicyclic) bond motifs is 1. The first kappa shape index (κ1) is 35.7. The summed E-state index contributed by atoms with van der Waals surface area (Å²) in [7, 11) is 1.27. The number of ether oxygens (including phenoxy) is 1. The number of hydrogen-bond acceptors (Lipinski definition) is 8. The van der Waals surface area contributed by atoms with Crippen molar-refractivity contribution in [3.05, 3.63) is 71.7 Å². The van der Waals surface area contributed by atoms with Gasteiger partial charge in [0, 0.05) is 55.3 Å². The number of benzene rings is 2. The van der Waals surface area contributed by atoms with E-state index in [0.717, 1.165) is 5.56 Å². The highest BCUT2D eigenvalue weighted by Gasteiger charge is 2.19. The first-order valence-corrected chi connectivity index (χ1v) is 14.6. The van der Waals surface area contributed by atoms with Crippen molar-refractivity contribution in [2.24, 2.45) is 5.73 Å². The zero-order chi connectivity index (χ0) is 34.3. The van der Waals surface area contributed by atoms with Crippen molar-refractivity contribution in [2.75, 3.05) is 32.1 Å². The molecule has 2 heterocycles. The Labute approximate surface area is 269 Å². The Bertz CT molecular complexity index is 1710. The number of carboxylic acid groups (broad SMARTS) is 1. The molecule has 8 N–H and O–H groups in total. The number of aryl methyl sites for hydroxylation is 1. The maximum atomic E-state index is 14.8. The first-order chi connectivity index (χ1) is 22.6. The minimum absolute atomic E-state index is 0.0230. The Balaban J connectivity index is 0.00000192. The number of unbranched alkanes of at least 4 members (excludes halogenated alkanes) is 1. The number of hydrogen-bond donors (Lipinski definition) is 7. The second-order valence-electron chi connectivity index (χ2n) is 9.92. The van der Waals surface area contributed by atoms with Crippen molar-refractivity contribution in [3.63, 3.8) is 0 Å². The van der Waals surface area contributed by atoms with Crippen LogP contribution in [0.15, 0.2) is 48.9 Å². The molecule has 0 bridgehead atoms. The third kappa shape index (κ3) is 9.59. The number of carbonyl (C=O) groups is 3. The van der Waals surface area contributed by atoms with E-state index >= 15 is 0 Å². The van der Waals surface area contributed by atoms with Gasteiger partial charge in [0.05, 0.1) is 19.0 Å². The molecule has 0 unspecified atom stereocenters. The highest BCUT2D eigenvalue weighted by molar-refractivity contribution is 5.96. The van der Waals surface area contributed by atoms with Gasteiger partial charge in [-0.25, -0.2) is 14.4 Å². The van der Waals surface area contributed by atoms with Gasteiger partial charge in [-0.15, -0.1) is 0 Å². The zero-order valence-corrected chi connectivity index (χ0v) is 25.9. The van der Waals surface area contributed by atoms with Gasteiger partial charge < -0.3 is 36.8 Å². The zero-order valence-electron chi connectivity index (χ0n) is 25.9. The van der Waals surface area contributed by atoms with Gasteiger partial charge in [0.25, 0.3) is 12.4 Å². The summed E-state index contributed by atoms with van der Waals surface area (Å²) in [5.74, 6) is -2.40. The molecule has 0 aliphatic heterocycles. The lowest BCUT2D eigenvalue weighted by atomic mass is 10.0. The van der Waals surface area contributed by atoms with E-state index in [-0.39, 0.29) is 42.1 Å². The van der Waals surface area contributed by atoms with Crippen LogP contribution in [0.3, 0.4) is 0 Å². The van der Waals surface area contributed by atoms with Crippen LogP contribution in [0.25, 0.3) is 16.9 Å². The summed E-state index contributed by atoms with van der Waals surface area (Å²) in [6, 6.07) is 8.07. The number of methoxy groups -OCH3 is 1. The van der Waals surface area contributed by atoms with Gasteiger partial charge in [-0.1, -0.05) is 6.92 Å². The number of amides is 2. The van der Waals surface area contributed by atoms with E-state index in [1.54, 1.807) is 22.7 Å². The van der Waals surface area contributed by atoms with Crippen LogP contribution in [0.4, 0.5) is 20.3 Å². The van der Waals surface area contributed by atoms with Crippen molar-refractivity contribution >= 4 is 41.4 Å². The van der Waals surface area contributed by atoms with Gasteiger partial charge in [0.2, 0.25) is 11.7 Å². The van der Waals surface area contributed by atoms with E-state index in [1.807, 2.05) is 13.0 Å². The molecule has 47 heavy (non-hydrogen) atoms. The van der Waals surface area contributed by atoms with Crippen molar-refractivity contribution in [3.8, 4) is 17.0 Å². The number of anilines is 2. The topological polar surface area (TPSA) is 209 Å². The van der Waals surface area contributed by atoms with Crippen LogP contribution in [0.1, 0.15) is 42.1 Å². The number of halogens is 2. The molecular formula is C31H37F2N9O5. The van der Waals surface area contributed by atoms with Crippen LogP contribution in [0, 0.1) is 17.0 Å². The molecule has 0 saturated heterocycles. The highest BCUT2D eigenvalue weighted by atomic mass is 19.2. The summed E-state index contributed by atoms with van der Waals surface area (Å²) in [4.78, 5) is 42.0. The van der Waals surface area contributed by atoms with Crippen LogP contribution in [0.2, 0.25) is 0 Å². The van der Waals surface area contributed by atoms with Crippen LogP contribution in [0.5, 0.6) is 5.75 Å². The molecule has 2 aromatic heterocycles. The molecule has 2 amide bonds. The van der Waals surface area contributed by atoms with E-state index in [2.05, 4.69) is 31.2 Å². The molecule has 4 rings (SSSR count). The van der Waals surface area contributed by atoms with E-state index < -0.39 is 11.6 Å². The third-order valence-corrected chi connectivity index (χ3v) is 6.84. The number of guanidine groups is 1. The Morgan fingerprint density at radius 2 is 1.81 bits per heavy atom. The van der Waals surface area contributed by atoms with Crippen molar-refractivity contribution in [1.29, 1.82) is 5.41 Å². The fraction of sp³-hybridized carbons (Fsp3) is 0.290. The van der Waals surface area contributed by atoms with Crippen LogP contribution >= 0.6 is 0 Å². The maximum absolute atomic E-state index is 14.8. The Morgan fingerprint density at radius 1 is 1.06 bits per heavy atom. The van der Waals surface area contributed by atoms with E-state index in [4.69, 9.17) is 25.8 Å². The number of rotatable bonds is 14. The van der Waals surface area contributed by atoms with E-state index in [1.165, 1.54) is 31.6 Å². The summed E-state index contributed by atoms with van der Waals surface area (Å²) < 4.78 is 35.6. The predicted octanol–water partition coefficient (Wildman–Crippen LogP) is 3.19. The van der Waals surface area contributed by atoms with Gasteiger partial charge in [-0.2, -0.15) is 4.39 Å². The first-order valence-electron chi connectivity index (χ1n) is 14.6. The number of imidazole rings is 1. The van der Waals surface area contributed by atoms with E-state index in [9.17, 15) is 18.4 Å². The summed E-state index contributed by atoms with van der Waals surface area (Å²) >= 11 is 0. The van der Waals surface area contributed by atoms with Crippen LogP contribution in [-0.4, -0.2) is 70.5 Å². The molecule has 0 aliphatic rings. The van der Waals surface area contributed by atoms with Gasteiger partial charge in [0.1, 0.15) is 0 Å². The highest BCUT2D eigenvalue weighted by Crippen LogP contribution is 2.31. The summed E-state index contributed by atoms with van der Waals surface area (Å²) in [6.45, 7) is 2.79. The number of carbonyl (C=O) groups excluding carboxylic acids is 2. The number of nitrogens with one attached hydrogen (secondary N) is 5. The number of aromatic nitrogens is 3. The normalized spacial score (nSPS) is 10.4.